The molecule has 1 amide bonds. The molecule has 2 N–H and O–H groups in total. The number of nitrogens with one attached hydrogen (secondary N) is 2. The van der Waals surface area contributed by atoms with Crippen LogP contribution in [-0.4, -0.2) is 50.0 Å². The van der Waals surface area contributed by atoms with Crippen LogP contribution in [-0.2, 0) is 0 Å². The van der Waals surface area contributed by atoms with Crippen LogP contribution in [0.2, 0.25) is 0 Å². The molecular weight excluding hydrogens is 280 g/mol. The normalized spacial score (nSPS) is 20.0. The number of guanidine groups is 1. The van der Waals surface area contributed by atoms with Crippen molar-refractivity contribution in [1.29, 1.82) is 0 Å². The second kappa shape index (κ2) is 6.42. The number of aliphatic imine (C=N–C) groups is 1. The Bertz CT molecular complexity index is 534. The quantitative estimate of drug-likeness (QED) is 0.502. The molecule has 22 heavy (non-hydrogen) atoms. The second-order valence-electron chi connectivity index (χ2n) is 6.23. The summed E-state index contributed by atoms with van der Waals surface area (Å²) in [6.45, 7) is 3.39. The van der Waals surface area contributed by atoms with E-state index in [1.807, 2.05) is 7.05 Å². The molecule has 0 atom stereocenters. The molecule has 3 rings (SSSR count). The zero-order valence-corrected chi connectivity index (χ0v) is 13.1. The summed E-state index contributed by atoms with van der Waals surface area (Å²) in [7, 11) is 1.82. The van der Waals surface area contributed by atoms with Gasteiger partial charge in [-0.05, 0) is 36.8 Å². The van der Waals surface area contributed by atoms with Crippen molar-refractivity contribution >= 4 is 11.9 Å². The first kappa shape index (κ1) is 14.9. The fourth-order valence-corrected chi connectivity index (χ4v) is 3.38. The average molecular weight is 304 g/mol. The molecule has 1 aliphatic heterocycles. The van der Waals surface area contributed by atoms with Crippen LogP contribution in [0.4, 0.5) is 0 Å². The summed E-state index contributed by atoms with van der Waals surface area (Å²) >= 11 is 0. The van der Waals surface area contributed by atoms with Crippen molar-refractivity contribution in [1.82, 2.24) is 15.5 Å². The topological polar surface area (TPSA) is 69.9 Å². The first-order valence-corrected chi connectivity index (χ1v) is 8.00. The maximum atomic E-state index is 11.7. The number of amides is 1. The van der Waals surface area contributed by atoms with Crippen LogP contribution in [0.25, 0.3) is 0 Å². The lowest BCUT2D eigenvalue weighted by Crippen LogP contribution is -2.44. The van der Waals surface area contributed by atoms with Crippen LogP contribution < -0.4 is 10.6 Å². The number of furan rings is 1. The molecule has 0 radical (unpaired) electrons. The molecule has 0 bridgehead atoms. The van der Waals surface area contributed by atoms with E-state index in [9.17, 15) is 4.79 Å². The molecule has 1 spiro atoms. The van der Waals surface area contributed by atoms with E-state index in [0.717, 1.165) is 19.0 Å². The van der Waals surface area contributed by atoms with Crippen molar-refractivity contribution in [3.8, 4) is 0 Å². The minimum absolute atomic E-state index is 0.184. The van der Waals surface area contributed by atoms with Crippen molar-refractivity contribution in [2.45, 2.75) is 25.7 Å². The van der Waals surface area contributed by atoms with Gasteiger partial charge in [0.2, 0.25) is 0 Å². The monoisotopic (exact) mass is 304 g/mol. The first-order valence-electron chi connectivity index (χ1n) is 8.00. The third kappa shape index (κ3) is 3.10. The molecular formula is C16H24N4O2. The highest BCUT2D eigenvalue weighted by atomic mass is 16.3. The molecule has 1 saturated carbocycles. The molecule has 1 aromatic heterocycles. The lowest BCUT2D eigenvalue weighted by atomic mass is 9.68. The van der Waals surface area contributed by atoms with Gasteiger partial charge < -0.3 is 20.0 Å². The van der Waals surface area contributed by atoms with Gasteiger partial charge in [0.25, 0.3) is 5.91 Å². The summed E-state index contributed by atoms with van der Waals surface area (Å²) in [6.07, 6.45) is 6.87. The maximum Gasteiger partial charge on any atom is 0.287 e. The fourth-order valence-electron chi connectivity index (χ4n) is 3.38. The van der Waals surface area contributed by atoms with Gasteiger partial charge in [0.05, 0.1) is 6.26 Å². The number of hydrogen-bond donors (Lipinski definition) is 2. The number of rotatable bonds is 4. The fraction of sp³-hybridized carbons (Fsp3) is 0.625. The third-order valence-electron chi connectivity index (χ3n) is 4.80. The summed E-state index contributed by atoms with van der Waals surface area (Å²) in [5, 5.41) is 6.15. The van der Waals surface area contributed by atoms with Gasteiger partial charge in [0.1, 0.15) is 0 Å². The Labute approximate surface area is 131 Å². The third-order valence-corrected chi connectivity index (χ3v) is 4.80. The highest BCUT2D eigenvalue weighted by molar-refractivity contribution is 5.91. The van der Waals surface area contributed by atoms with Gasteiger partial charge in [-0.25, -0.2) is 0 Å². The summed E-state index contributed by atoms with van der Waals surface area (Å²) in [4.78, 5) is 18.4. The summed E-state index contributed by atoms with van der Waals surface area (Å²) in [6, 6.07) is 3.36. The molecule has 6 nitrogen and oxygen atoms in total. The largest absolute Gasteiger partial charge is 0.459 e. The van der Waals surface area contributed by atoms with Gasteiger partial charge in [0.15, 0.2) is 11.7 Å². The lowest BCUT2D eigenvalue weighted by molar-refractivity contribution is 0.0926. The van der Waals surface area contributed by atoms with Gasteiger partial charge in [-0.1, -0.05) is 6.42 Å². The molecule has 2 fully saturated rings. The summed E-state index contributed by atoms with van der Waals surface area (Å²) in [5.41, 5.74) is 0.561. The van der Waals surface area contributed by atoms with E-state index in [4.69, 9.17) is 4.42 Å². The van der Waals surface area contributed by atoms with Gasteiger partial charge >= 0.3 is 0 Å². The van der Waals surface area contributed by atoms with E-state index in [2.05, 4.69) is 20.5 Å². The Hall–Kier alpha value is -1.98. The SMILES string of the molecule is CN=C(NCCNC(=O)c1ccco1)N1CCC2(CCC2)C1. The average Bonchev–Trinajstić information content (AvgIpc) is 3.16. The summed E-state index contributed by atoms with van der Waals surface area (Å²) < 4.78 is 5.05. The van der Waals surface area contributed by atoms with Crippen molar-refractivity contribution in [3.63, 3.8) is 0 Å². The van der Waals surface area contributed by atoms with Crippen LogP contribution >= 0.6 is 0 Å². The van der Waals surface area contributed by atoms with E-state index in [-0.39, 0.29) is 5.91 Å². The maximum absolute atomic E-state index is 11.7. The van der Waals surface area contributed by atoms with Crippen LogP contribution in [0.15, 0.2) is 27.8 Å². The van der Waals surface area contributed by atoms with Gasteiger partial charge in [0, 0.05) is 33.2 Å². The standard InChI is InChI=1S/C16H24N4O2/c1-17-15(20-10-7-16(12-20)5-3-6-16)19-9-8-18-14(21)13-4-2-11-22-13/h2,4,11H,3,5-10,12H2,1H3,(H,17,19)(H,18,21). The van der Waals surface area contributed by atoms with Crippen molar-refractivity contribution < 1.29 is 9.21 Å². The predicted molar refractivity (Wildman–Crippen MR) is 84.9 cm³/mol. The molecule has 2 aliphatic rings. The van der Waals surface area contributed by atoms with Gasteiger partial charge in [-0.2, -0.15) is 0 Å². The number of carbonyl (C=O) groups excluding carboxylic acids is 1. The van der Waals surface area contributed by atoms with E-state index in [1.54, 1.807) is 12.1 Å². The molecule has 1 aromatic rings. The van der Waals surface area contributed by atoms with Crippen LogP contribution in [0, 0.1) is 5.41 Å². The molecule has 0 unspecified atom stereocenters. The predicted octanol–water partition coefficient (Wildman–Crippen LogP) is 1.46. The van der Waals surface area contributed by atoms with Crippen molar-refractivity contribution in [2.24, 2.45) is 10.4 Å². The Morgan fingerprint density at radius 3 is 2.77 bits per heavy atom. The van der Waals surface area contributed by atoms with Crippen molar-refractivity contribution in [3.05, 3.63) is 24.2 Å². The minimum atomic E-state index is -0.184. The zero-order valence-electron chi connectivity index (χ0n) is 13.1. The Kier molecular flexibility index (Phi) is 4.36. The summed E-state index contributed by atoms with van der Waals surface area (Å²) in [5.74, 6) is 1.10. The smallest absolute Gasteiger partial charge is 0.287 e. The van der Waals surface area contributed by atoms with Crippen LogP contribution in [0.1, 0.15) is 36.2 Å². The minimum Gasteiger partial charge on any atom is -0.459 e. The zero-order chi connectivity index (χ0) is 15.4. The number of likely N-dealkylation sites (tertiary alicyclic amines) is 1. The van der Waals surface area contributed by atoms with Gasteiger partial charge in [-0.15, -0.1) is 0 Å². The molecule has 1 saturated heterocycles. The Morgan fingerprint density at radius 2 is 2.18 bits per heavy atom. The number of carbonyl (C=O) groups is 1. The molecule has 6 heteroatoms. The van der Waals surface area contributed by atoms with Gasteiger partial charge in [-0.3, -0.25) is 9.79 Å². The van der Waals surface area contributed by atoms with Crippen molar-refractivity contribution in [2.75, 3.05) is 33.2 Å². The number of hydrogen-bond acceptors (Lipinski definition) is 3. The van der Waals surface area contributed by atoms with E-state index < -0.39 is 0 Å². The van der Waals surface area contributed by atoms with E-state index in [0.29, 0.717) is 24.3 Å². The lowest BCUT2D eigenvalue weighted by Gasteiger charge is -2.38. The Morgan fingerprint density at radius 1 is 1.36 bits per heavy atom. The highest BCUT2D eigenvalue weighted by Crippen LogP contribution is 2.47. The first-order chi connectivity index (χ1) is 10.7. The number of nitrogens with zero attached hydrogens (tertiary/aromatic N) is 2. The molecule has 0 aromatic carbocycles. The Balaban J connectivity index is 1.39. The molecule has 1 aliphatic carbocycles. The molecule has 2 heterocycles. The van der Waals surface area contributed by atoms with Crippen LogP contribution in [0.3, 0.4) is 0 Å². The highest BCUT2D eigenvalue weighted by Gasteiger charge is 2.43. The molecule has 120 valence electrons. The second-order valence-corrected chi connectivity index (χ2v) is 6.23. The van der Waals surface area contributed by atoms with E-state index in [1.165, 1.54) is 31.9 Å². The van der Waals surface area contributed by atoms with E-state index >= 15 is 0 Å². The van der Waals surface area contributed by atoms with Crippen LogP contribution in [0.5, 0.6) is 0 Å².